The van der Waals surface area contributed by atoms with Crippen molar-refractivity contribution in [2.24, 2.45) is 0 Å². The number of hydrogen-bond acceptors (Lipinski definition) is 2. The van der Waals surface area contributed by atoms with E-state index in [1.807, 2.05) is 13.8 Å². The van der Waals surface area contributed by atoms with Crippen molar-refractivity contribution in [3.8, 4) is 11.1 Å². The number of alkyl halides is 5. The third-order valence-corrected chi connectivity index (χ3v) is 7.27. The molecule has 2 aromatic carbocycles. The molecule has 0 saturated heterocycles. The van der Waals surface area contributed by atoms with Crippen molar-refractivity contribution in [1.82, 2.24) is 4.98 Å². The first-order chi connectivity index (χ1) is 16.5. The monoisotopic (exact) mass is 553 g/mol. The Balaban J connectivity index is 1.88. The number of aromatic nitrogens is 1. The topological polar surface area (TPSA) is 33.1 Å². The molecule has 1 aliphatic carbocycles. The van der Waals surface area contributed by atoms with Crippen molar-refractivity contribution >= 4 is 15.9 Å². The van der Waals surface area contributed by atoms with Crippen LogP contribution in [0.25, 0.3) is 11.1 Å². The minimum Gasteiger partial charge on any atom is -0.388 e. The van der Waals surface area contributed by atoms with Crippen LogP contribution in [0, 0.1) is 5.82 Å². The summed E-state index contributed by atoms with van der Waals surface area (Å²) in [6.45, 7) is 3.86. The molecular weight excluding hydrogens is 529 g/mol. The first-order valence-corrected chi connectivity index (χ1v) is 12.3. The van der Waals surface area contributed by atoms with Gasteiger partial charge < -0.3 is 5.11 Å². The molecule has 1 aliphatic rings. The number of aliphatic hydroxyl groups excluding tert-OH is 1. The van der Waals surface area contributed by atoms with Gasteiger partial charge in [0.15, 0.2) is 0 Å². The normalized spacial score (nSPS) is 19.0. The Kier molecular flexibility index (Phi) is 7.34. The zero-order valence-electron chi connectivity index (χ0n) is 19.2. The third kappa shape index (κ3) is 5.28. The first-order valence-electron chi connectivity index (χ1n) is 11.4. The van der Waals surface area contributed by atoms with Crippen molar-refractivity contribution in [1.29, 1.82) is 0 Å². The van der Waals surface area contributed by atoms with E-state index < -0.39 is 29.8 Å². The van der Waals surface area contributed by atoms with Crippen LogP contribution in [0.15, 0.2) is 48.5 Å². The molecule has 35 heavy (non-hydrogen) atoms. The van der Waals surface area contributed by atoms with Crippen molar-refractivity contribution < 1.29 is 27.1 Å². The van der Waals surface area contributed by atoms with Crippen molar-refractivity contribution in [3.05, 3.63) is 88.0 Å². The Morgan fingerprint density at radius 1 is 1.03 bits per heavy atom. The molecule has 1 N–H and O–H groups in total. The van der Waals surface area contributed by atoms with Crippen molar-refractivity contribution in [2.75, 3.05) is 0 Å². The second-order valence-corrected chi connectivity index (χ2v) is 10.3. The zero-order valence-corrected chi connectivity index (χ0v) is 20.8. The standard InChI is InChI=1S/C27H25BrF5NO/c1-14(2)25-19(13-21(30)15-3-7-17(8-4-15)27(31,32)33)23(16-5-9-18(29)10-6-16)24-22(35)12-11-20(28)26(24)34-25/h3-10,14,20-22,35H,11-13H2,1-2H3. The molecule has 4 rings (SSSR count). The average Bonchev–Trinajstić information content (AvgIpc) is 2.81. The summed E-state index contributed by atoms with van der Waals surface area (Å²) in [5.41, 5.74) is 3.01. The van der Waals surface area contributed by atoms with E-state index in [4.69, 9.17) is 4.98 Å². The highest BCUT2D eigenvalue weighted by atomic mass is 79.9. The number of benzene rings is 2. The van der Waals surface area contributed by atoms with Crippen LogP contribution in [0.2, 0.25) is 0 Å². The molecule has 0 spiro atoms. The molecule has 0 saturated carbocycles. The van der Waals surface area contributed by atoms with Gasteiger partial charge in [0.05, 0.1) is 22.2 Å². The fraction of sp³-hybridized carbons (Fsp3) is 0.370. The Morgan fingerprint density at radius 3 is 2.23 bits per heavy atom. The largest absolute Gasteiger partial charge is 0.416 e. The first kappa shape index (κ1) is 25.8. The Morgan fingerprint density at radius 2 is 1.66 bits per heavy atom. The lowest BCUT2D eigenvalue weighted by molar-refractivity contribution is -0.137. The summed E-state index contributed by atoms with van der Waals surface area (Å²) in [4.78, 5) is 4.75. The van der Waals surface area contributed by atoms with E-state index in [-0.39, 0.29) is 22.7 Å². The van der Waals surface area contributed by atoms with E-state index in [9.17, 15) is 22.7 Å². The molecule has 0 fully saturated rings. The van der Waals surface area contributed by atoms with Crippen molar-refractivity contribution in [3.63, 3.8) is 0 Å². The van der Waals surface area contributed by atoms with Crippen LogP contribution in [0.1, 0.15) is 83.4 Å². The molecule has 186 valence electrons. The highest BCUT2D eigenvalue weighted by Gasteiger charge is 2.34. The maximum Gasteiger partial charge on any atom is 0.416 e. The Hall–Kier alpha value is -2.32. The van der Waals surface area contributed by atoms with Crippen LogP contribution in [0.4, 0.5) is 22.0 Å². The highest BCUT2D eigenvalue weighted by Crippen LogP contribution is 2.48. The zero-order chi connectivity index (χ0) is 25.5. The number of aliphatic hydroxyl groups is 1. The summed E-state index contributed by atoms with van der Waals surface area (Å²) in [7, 11) is 0. The summed E-state index contributed by atoms with van der Waals surface area (Å²) >= 11 is 3.65. The van der Waals surface area contributed by atoms with Crippen LogP contribution in [-0.2, 0) is 12.6 Å². The second-order valence-electron chi connectivity index (χ2n) is 9.16. The summed E-state index contributed by atoms with van der Waals surface area (Å²) in [5.74, 6) is -0.512. The highest BCUT2D eigenvalue weighted by molar-refractivity contribution is 9.09. The predicted octanol–water partition coefficient (Wildman–Crippen LogP) is 8.55. The number of halogens is 6. The molecule has 1 aromatic heterocycles. The molecular formula is C27H25BrF5NO. The maximum atomic E-state index is 15.6. The number of hydrogen-bond donors (Lipinski definition) is 1. The molecule has 0 radical (unpaired) electrons. The summed E-state index contributed by atoms with van der Waals surface area (Å²) in [6.07, 6.45) is -5.92. The number of pyridine rings is 1. The van der Waals surface area contributed by atoms with Gasteiger partial charge in [0.25, 0.3) is 0 Å². The number of fused-ring (bicyclic) bond motifs is 1. The lowest BCUT2D eigenvalue weighted by Crippen LogP contribution is -2.19. The summed E-state index contributed by atoms with van der Waals surface area (Å²) in [6, 6.07) is 9.84. The van der Waals surface area contributed by atoms with E-state index in [0.717, 1.165) is 24.3 Å². The van der Waals surface area contributed by atoms with Gasteiger partial charge in [-0.25, -0.2) is 8.78 Å². The van der Waals surface area contributed by atoms with Gasteiger partial charge in [-0.3, -0.25) is 4.98 Å². The van der Waals surface area contributed by atoms with Crippen LogP contribution >= 0.6 is 15.9 Å². The quantitative estimate of drug-likeness (QED) is 0.253. The maximum absolute atomic E-state index is 15.6. The molecule has 0 aliphatic heterocycles. The molecule has 3 atom stereocenters. The molecule has 1 heterocycles. The van der Waals surface area contributed by atoms with Crippen LogP contribution in [0.5, 0.6) is 0 Å². The lowest BCUT2D eigenvalue weighted by Gasteiger charge is -2.31. The smallest absolute Gasteiger partial charge is 0.388 e. The van der Waals surface area contributed by atoms with Gasteiger partial charge in [0.1, 0.15) is 12.0 Å². The summed E-state index contributed by atoms with van der Waals surface area (Å²) in [5, 5.41) is 11.0. The van der Waals surface area contributed by atoms with Gasteiger partial charge in [-0.05, 0) is 65.3 Å². The van der Waals surface area contributed by atoms with E-state index >= 15 is 4.39 Å². The predicted molar refractivity (Wildman–Crippen MR) is 129 cm³/mol. The Bertz CT molecular complexity index is 1190. The SMILES string of the molecule is CC(C)c1nc2c(c(-c3ccc(F)cc3)c1CC(F)c1ccc(C(F)(F)F)cc1)C(O)CCC2Br. The molecule has 3 unspecified atom stereocenters. The molecule has 3 aromatic rings. The number of nitrogens with zero attached hydrogens (tertiary/aromatic N) is 1. The average molecular weight is 554 g/mol. The van der Waals surface area contributed by atoms with Crippen LogP contribution in [-0.4, -0.2) is 10.1 Å². The fourth-order valence-electron chi connectivity index (χ4n) is 4.65. The lowest BCUT2D eigenvalue weighted by atomic mass is 9.81. The number of rotatable bonds is 5. The Labute approximate surface area is 209 Å². The van der Waals surface area contributed by atoms with Gasteiger partial charge in [-0.15, -0.1) is 0 Å². The molecule has 0 amide bonds. The van der Waals surface area contributed by atoms with E-state index in [1.54, 1.807) is 12.1 Å². The molecule has 0 bridgehead atoms. The third-order valence-electron chi connectivity index (χ3n) is 6.38. The van der Waals surface area contributed by atoms with Crippen LogP contribution in [0.3, 0.4) is 0 Å². The van der Waals surface area contributed by atoms with Gasteiger partial charge in [-0.2, -0.15) is 13.2 Å². The van der Waals surface area contributed by atoms with E-state index in [0.29, 0.717) is 46.5 Å². The second kappa shape index (κ2) is 9.97. The van der Waals surface area contributed by atoms with Gasteiger partial charge in [-0.1, -0.05) is 54.0 Å². The van der Waals surface area contributed by atoms with Gasteiger partial charge in [0.2, 0.25) is 0 Å². The molecule has 2 nitrogen and oxygen atoms in total. The van der Waals surface area contributed by atoms with Crippen molar-refractivity contribution in [2.45, 2.75) is 62.3 Å². The van der Waals surface area contributed by atoms with Crippen LogP contribution < -0.4 is 0 Å². The minimum atomic E-state index is -4.50. The van der Waals surface area contributed by atoms with Gasteiger partial charge in [0, 0.05) is 17.7 Å². The summed E-state index contributed by atoms with van der Waals surface area (Å²) < 4.78 is 68.2. The van der Waals surface area contributed by atoms with E-state index in [2.05, 4.69) is 15.9 Å². The fourth-order valence-corrected chi connectivity index (χ4v) is 5.26. The van der Waals surface area contributed by atoms with Gasteiger partial charge >= 0.3 is 6.18 Å². The molecule has 8 heteroatoms. The van der Waals surface area contributed by atoms with E-state index in [1.165, 1.54) is 12.1 Å². The minimum absolute atomic E-state index is 0.0897.